The lowest BCUT2D eigenvalue weighted by Gasteiger charge is -2.12. The first-order valence-corrected chi connectivity index (χ1v) is 10.6. The number of terminal acetylenes is 1. The summed E-state index contributed by atoms with van der Waals surface area (Å²) in [5, 5.41) is 3.39. The summed E-state index contributed by atoms with van der Waals surface area (Å²) in [7, 11) is 0. The summed E-state index contributed by atoms with van der Waals surface area (Å²) in [6.07, 6.45) is 5.34. The molecule has 0 radical (unpaired) electrons. The fourth-order valence-corrected chi connectivity index (χ4v) is 4.09. The molecular weight excluding hydrogens is 401 g/mol. The van der Waals surface area contributed by atoms with E-state index < -0.39 is 6.08 Å². The summed E-state index contributed by atoms with van der Waals surface area (Å²) in [6, 6.07) is 3.95. The molecule has 7 nitrogen and oxygen atoms in total. The largest absolute Gasteiger partial charge is 0.382 e. The highest BCUT2D eigenvalue weighted by Gasteiger charge is 2.18. The number of fused-ring (bicyclic) bond motifs is 2. The van der Waals surface area contributed by atoms with E-state index in [1.807, 2.05) is 16.7 Å². The smallest absolute Gasteiger partial charge is 0.312 e. The van der Waals surface area contributed by atoms with Crippen LogP contribution in [0.15, 0.2) is 17.6 Å². The van der Waals surface area contributed by atoms with E-state index in [-0.39, 0.29) is 5.82 Å². The second-order valence-electron chi connectivity index (χ2n) is 7.48. The van der Waals surface area contributed by atoms with E-state index >= 15 is 0 Å². The molecule has 9 heteroatoms. The summed E-state index contributed by atoms with van der Waals surface area (Å²) in [5.41, 5.74) is 11.1. The normalized spacial score (nSPS) is 11.6. The molecule has 0 amide bonds. The van der Waals surface area contributed by atoms with Crippen molar-refractivity contribution in [3.63, 3.8) is 0 Å². The van der Waals surface area contributed by atoms with E-state index in [1.54, 1.807) is 16.8 Å². The molecule has 30 heavy (non-hydrogen) atoms. The van der Waals surface area contributed by atoms with Gasteiger partial charge in [0.25, 0.3) is 0 Å². The highest BCUT2D eigenvalue weighted by molar-refractivity contribution is 7.16. The molecule has 3 aromatic heterocycles. The van der Waals surface area contributed by atoms with Crippen LogP contribution < -0.4 is 11.1 Å². The van der Waals surface area contributed by atoms with Crippen LogP contribution in [0.1, 0.15) is 30.8 Å². The molecule has 4 rings (SSSR count). The summed E-state index contributed by atoms with van der Waals surface area (Å²) >= 11 is 1.55. The van der Waals surface area contributed by atoms with Gasteiger partial charge in [-0.15, -0.1) is 17.8 Å². The number of nitrogen functional groups attached to an aromatic ring is 1. The van der Waals surface area contributed by atoms with Gasteiger partial charge < -0.3 is 15.6 Å². The average molecular weight is 424 g/mol. The number of aromatic nitrogens is 5. The number of hydrogen-bond donors (Lipinski definition) is 2. The van der Waals surface area contributed by atoms with Crippen LogP contribution in [0.5, 0.6) is 0 Å². The molecule has 0 atom stereocenters. The van der Waals surface area contributed by atoms with Crippen LogP contribution in [0.4, 0.5) is 10.2 Å². The fraction of sp³-hybridized carbons (Fsp3) is 0.333. The van der Waals surface area contributed by atoms with Crippen molar-refractivity contribution in [2.75, 3.05) is 18.8 Å². The molecule has 154 valence electrons. The van der Waals surface area contributed by atoms with Crippen molar-refractivity contribution in [1.29, 1.82) is 0 Å². The van der Waals surface area contributed by atoms with Crippen molar-refractivity contribution in [3.05, 3.63) is 40.7 Å². The SMILES string of the molecule is C#Cc1cc2scnc2cc1Cc1nc2c(N)nc(F)nc2n1CCNCC(C)C. The van der Waals surface area contributed by atoms with Crippen molar-refractivity contribution in [2.45, 2.75) is 26.8 Å². The maximum absolute atomic E-state index is 13.9. The van der Waals surface area contributed by atoms with E-state index in [0.29, 0.717) is 42.4 Å². The molecule has 0 saturated heterocycles. The summed E-state index contributed by atoms with van der Waals surface area (Å²) < 4.78 is 16.8. The van der Waals surface area contributed by atoms with Gasteiger partial charge in [-0.05, 0) is 30.2 Å². The number of nitrogens with zero attached hydrogens (tertiary/aromatic N) is 5. The van der Waals surface area contributed by atoms with Crippen molar-refractivity contribution in [1.82, 2.24) is 29.8 Å². The van der Waals surface area contributed by atoms with Crippen LogP contribution in [0.25, 0.3) is 21.4 Å². The molecule has 0 aliphatic heterocycles. The zero-order valence-electron chi connectivity index (χ0n) is 16.8. The number of benzene rings is 1. The first kappa shape index (κ1) is 20.2. The molecule has 3 N–H and O–H groups in total. The first-order chi connectivity index (χ1) is 14.5. The van der Waals surface area contributed by atoms with E-state index in [4.69, 9.17) is 12.2 Å². The minimum absolute atomic E-state index is 0.0276. The Hall–Kier alpha value is -3.09. The summed E-state index contributed by atoms with van der Waals surface area (Å²) in [5.74, 6) is 4.01. The Bertz CT molecular complexity index is 1250. The summed E-state index contributed by atoms with van der Waals surface area (Å²) in [6.45, 7) is 6.43. The van der Waals surface area contributed by atoms with Crippen molar-refractivity contribution in [2.24, 2.45) is 5.92 Å². The van der Waals surface area contributed by atoms with Crippen molar-refractivity contribution >= 4 is 38.5 Å². The van der Waals surface area contributed by atoms with E-state index in [1.165, 1.54) is 0 Å². The van der Waals surface area contributed by atoms with Gasteiger partial charge in [-0.3, -0.25) is 0 Å². The molecule has 0 saturated carbocycles. The Labute approximate surface area is 177 Å². The Morgan fingerprint density at radius 2 is 2.13 bits per heavy atom. The molecule has 1 aromatic carbocycles. The van der Waals surface area contributed by atoms with Gasteiger partial charge in [0.2, 0.25) is 0 Å². The molecule has 0 fully saturated rings. The molecule has 4 aromatic rings. The third-order valence-electron chi connectivity index (χ3n) is 4.80. The van der Waals surface area contributed by atoms with Gasteiger partial charge in [0.1, 0.15) is 5.82 Å². The minimum Gasteiger partial charge on any atom is -0.382 e. The van der Waals surface area contributed by atoms with E-state index in [2.05, 4.69) is 45.0 Å². The van der Waals surface area contributed by atoms with Gasteiger partial charge in [0, 0.05) is 25.1 Å². The van der Waals surface area contributed by atoms with E-state index in [9.17, 15) is 4.39 Å². The van der Waals surface area contributed by atoms with Crippen LogP contribution in [0.3, 0.4) is 0 Å². The maximum Gasteiger partial charge on any atom is 0.312 e. The second-order valence-corrected chi connectivity index (χ2v) is 8.36. The molecule has 0 spiro atoms. The van der Waals surface area contributed by atoms with Gasteiger partial charge >= 0.3 is 6.08 Å². The lowest BCUT2D eigenvalue weighted by Crippen LogP contribution is -2.25. The van der Waals surface area contributed by atoms with Gasteiger partial charge in [-0.25, -0.2) is 9.97 Å². The molecule has 0 unspecified atom stereocenters. The fourth-order valence-electron chi connectivity index (χ4n) is 3.39. The number of thiazole rings is 1. The van der Waals surface area contributed by atoms with Crippen LogP contribution >= 0.6 is 11.3 Å². The highest BCUT2D eigenvalue weighted by atomic mass is 32.1. The number of imidazole rings is 1. The molecule has 3 heterocycles. The number of hydrogen-bond acceptors (Lipinski definition) is 7. The first-order valence-electron chi connectivity index (χ1n) is 9.67. The van der Waals surface area contributed by atoms with Gasteiger partial charge in [0.05, 0.1) is 15.7 Å². The Morgan fingerprint density at radius 3 is 2.90 bits per heavy atom. The number of rotatable bonds is 7. The highest BCUT2D eigenvalue weighted by Crippen LogP contribution is 2.26. The predicted molar refractivity (Wildman–Crippen MR) is 118 cm³/mol. The third kappa shape index (κ3) is 3.97. The maximum atomic E-state index is 13.9. The number of nitrogens with two attached hydrogens (primary N) is 1. The monoisotopic (exact) mass is 423 g/mol. The third-order valence-corrected chi connectivity index (χ3v) is 5.59. The Morgan fingerprint density at radius 1 is 1.30 bits per heavy atom. The van der Waals surface area contributed by atoms with Gasteiger partial charge in [-0.2, -0.15) is 14.4 Å². The topological polar surface area (TPSA) is 94.5 Å². The number of anilines is 1. The zero-order chi connectivity index (χ0) is 21.3. The predicted octanol–water partition coefficient (Wildman–Crippen LogP) is 2.98. The van der Waals surface area contributed by atoms with Crippen LogP contribution in [-0.2, 0) is 13.0 Å². The Balaban J connectivity index is 1.75. The van der Waals surface area contributed by atoms with Crippen LogP contribution in [-0.4, -0.2) is 37.6 Å². The molecular formula is C21H22FN7S. The Kier molecular flexibility index (Phi) is 5.61. The minimum atomic E-state index is -0.865. The summed E-state index contributed by atoms with van der Waals surface area (Å²) in [4.78, 5) is 16.6. The van der Waals surface area contributed by atoms with Gasteiger partial charge in [0.15, 0.2) is 17.0 Å². The standard InChI is InChI=1S/C21H22FN7S/c1-4-13-8-16-15(25-11-30-16)7-14(13)9-17-26-18-19(23)27-21(22)28-20(18)29(17)6-5-24-10-12(2)3/h1,7-8,11-12,24H,5-6,9-10H2,2-3H3,(H2,23,27,28). The lowest BCUT2D eigenvalue weighted by atomic mass is 10.0. The lowest BCUT2D eigenvalue weighted by molar-refractivity contribution is 0.517. The van der Waals surface area contributed by atoms with Crippen molar-refractivity contribution in [3.8, 4) is 12.3 Å². The van der Waals surface area contributed by atoms with Crippen LogP contribution in [0, 0.1) is 24.3 Å². The molecule has 0 aliphatic rings. The number of halogens is 1. The average Bonchev–Trinajstić information content (AvgIpc) is 3.29. The second kappa shape index (κ2) is 8.34. The quantitative estimate of drug-likeness (QED) is 0.270. The zero-order valence-corrected chi connectivity index (χ0v) is 17.6. The van der Waals surface area contributed by atoms with Crippen molar-refractivity contribution < 1.29 is 4.39 Å². The number of nitrogens with one attached hydrogen (secondary N) is 1. The molecule has 0 bridgehead atoms. The van der Waals surface area contributed by atoms with E-state index in [0.717, 1.165) is 27.9 Å². The van der Waals surface area contributed by atoms with Gasteiger partial charge in [-0.1, -0.05) is 19.8 Å². The molecule has 0 aliphatic carbocycles. The van der Waals surface area contributed by atoms with Crippen LogP contribution in [0.2, 0.25) is 0 Å².